The molecular formula is C19H22O2. The van der Waals surface area contributed by atoms with Crippen LogP contribution < -0.4 is 4.74 Å². The van der Waals surface area contributed by atoms with Gasteiger partial charge in [-0.15, -0.1) is 0 Å². The lowest BCUT2D eigenvalue weighted by molar-refractivity contribution is 0.105. The van der Waals surface area contributed by atoms with E-state index < -0.39 is 0 Å². The van der Waals surface area contributed by atoms with Crippen molar-refractivity contribution in [2.24, 2.45) is 0 Å². The van der Waals surface area contributed by atoms with E-state index >= 15 is 0 Å². The van der Waals surface area contributed by atoms with Gasteiger partial charge in [-0.05, 0) is 49.9 Å². The maximum absolute atomic E-state index is 10.5. The van der Waals surface area contributed by atoms with Crippen molar-refractivity contribution in [3.8, 4) is 22.6 Å². The van der Waals surface area contributed by atoms with Gasteiger partial charge in [0.25, 0.3) is 0 Å². The van der Waals surface area contributed by atoms with Gasteiger partial charge in [-0.1, -0.05) is 37.6 Å². The third kappa shape index (κ3) is 2.39. The predicted molar refractivity (Wildman–Crippen MR) is 85.8 cm³/mol. The molecule has 0 radical (unpaired) electrons. The number of benzene rings is 2. The molecule has 3 rings (SSSR count). The predicted octanol–water partition coefficient (Wildman–Crippen LogP) is 5.03. The summed E-state index contributed by atoms with van der Waals surface area (Å²) in [5.74, 6) is 1.12. The van der Waals surface area contributed by atoms with Crippen LogP contribution in [0, 0.1) is 0 Å². The monoisotopic (exact) mass is 282 g/mol. The van der Waals surface area contributed by atoms with Gasteiger partial charge in [0.15, 0.2) is 0 Å². The van der Waals surface area contributed by atoms with Crippen molar-refractivity contribution in [1.82, 2.24) is 0 Å². The molecule has 0 unspecified atom stereocenters. The van der Waals surface area contributed by atoms with Crippen LogP contribution in [0.4, 0.5) is 0 Å². The fourth-order valence-electron chi connectivity index (χ4n) is 3.09. The van der Waals surface area contributed by atoms with Gasteiger partial charge in [0.05, 0.1) is 5.56 Å². The molecule has 1 aliphatic rings. The van der Waals surface area contributed by atoms with Crippen molar-refractivity contribution < 1.29 is 9.84 Å². The highest BCUT2D eigenvalue weighted by atomic mass is 16.5. The Bertz CT molecular complexity index is 671. The van der Waals surface area contributed by atoms with Gasteiger partial charge >= 0.3 is 0 Å². The Morgan fingerprint density at radius 3 is 2.67 bits per heavy atom. The molecule has 2 aromatic rings. The van der Waals surface area contributed by atoms with E-state index in [0.29, 0.717) is 5.75 Å². The minimum absolute atomic E-state index is 0.321. The van der Waals surface area contributed by atoms with Gasteiger partial charge in [-0.25, -0.2) is 0 Å². The summed E-state index contributed by atoms with van der Waals surface area (Å²) in [7, 11) is 0. The normalized spacial score (nSPS) is 15.0. The van der Waals surface area contributed by atoms with E-state index in [1.54, 1.807) is 0 Å². The van der Waals surface area contributed by atoms with Gasteiger partial charge in [0.2, 0.25) is 0 Å². The Hall–Kier alpha value is -1.96. The number of unbranched alkanes of at least 4 members (excludes halogenated alkanes) is 1. The number of hydrogen-bond acceptors (Lipinski definition) is 2. The topological polar surface area (TPSA) is 29.5 Å². The zero-order valence-corrected chi connectivity index (χ0v) is 12.9. The summed E-state index contributed by atoms with van der Waals surface area (Å²) in [6.07, 6.45) is 3.24. The minimum atomic E-state index is -0.376. The van der Waals surface area contributed by atoms with Crippen molar-refractivity contribution in [3.05, 3.63) is 47.5 Å². The van der Waals surface area contributed by atoms with Crippen LogP contribution in [0.15, 0.2) is 36.4 Å². The van der Waals surface area contributed by atoms with E-state index in [9.17, 15) is 5.11 Å². The molecule has 0 atom stereocenters. The molecule has 0 aliphatic carbocycles. The highest BCUT2D eigenvalue weighted by molar-refractivity contribution is 5.81. The molecule has 0 fully saturated rings. The second-order valence-corrected chi connectivity index (χ2v) is 6.25. The summed E-state index contributed by atoms with van der Waals surface area (Å²) in [5.41, 5.74) is 3.78. The number of phenolic OH excluding ortho intramolecular Hbond substituents is 1. The molecule has 1 N–H and O–H groups in total. The molecule has 2 heteroatoms. The van der Waals surface area contributed by atoms with Crippen LogP contribution >= 0.6 is 0 Å². The Morgan fingerprint density at radius 2 is 1.90 bits per heavy atom. The van der Waals surface area contributed by atoms with Crippen molar-refractivity contribution in [3.63, 3.8) is 0 Å². The third-order valence-corrected chi connectivity index (χ3v) is 4.17. The Balaban J connectivity index is 2.15. The molecular weight excluding hydrogens is 260 g/mol. The molecule has 0 saturated heterocycles. The summed E-state index contributed by atoms with van der Waals surface area (Å²) in [6.45, 7) is 6.32. The molecule has 21 heavy (non-hydrogen) atoms. The van der Waals surface area contributed by atoms with E-state index in [2.05, 4.69) is 39.0 Å². The van der Waals surface area contributed by atoms with Crippen molar-refractivity contribution in [1.29, 1.82) is 0 Å². The second kappa shape index (κ2) is 5.10. The van der Waals surface area contributed by atoms with Gasteiger partial charge < -0.3 is 9.84 Å². The van der Waals surface area contributed by atoms with Gasteiger partial charge in [-0.2, -0.15) is 0 Å². The number of aromatic hydroxyl groups is 1. The van der Waals surface area contributed by atoms with Crippen LogP contribution in [-0.2, 0) is 12.0 Å². The second-order valence-electron chi connectivity index (χ2n) is 6.25. The number of fused-ring (bicyclic) bond motifs is 3. The third-order valence-electron chi connectivity index (χ3n) is 4.17. The Morgan fingerprint density at radius 1 is 1.14 bits per heavy atom. The van der Waals surface area contributed by atoms with Crippen LogP contribution in [0.2, 0.25) is 0 Å². The number of phenols is 1. The summed E-state index contributed by atoms with van der Waals surface area (Å²) in [6, 6.07) is 12.1. The molecule has 0 spiro atoms. The lowest BCUT2D eigenvalue weighted by Gasteiger charge is -2.35. The standard InChI is InChI=1S/C19H22O2/c1-4-5-8-13-11-16(20)18-14-9-6-7-10-15(14)19(2,3)21-17(18)12-13/h6-7,9-12,20H,4-5,8H2,1-3H3. The lowest BCUT2D eigenvalue weighted by atomic mass is 9.85. The SMILES string of the molecule is CCCCc1cc(O)c2c(c1)OC(C)(C)c1ccccc1-2. The number of ether oxygens (including phenoxy) is 1. The largest absolute Gasteiger partial charge is 0.507 e. The molecule has 0 saturated carbocycles. The Kier molecular flexibility index (Phi) is 3.40. The fraction of sp³-hybridized carbons (Fsp3) is 0.368. The first-order valence-electron chi connectivity index (χ1n) is 7.67. The van der Waals surface area contributed by atoms with E-state index in [-0.39, 0.29) is 5.60 Å². The molecule has 110 valence electrons. The summed E-state index contributed by atoms with van der Waals surface area (Å²) < 4.78 is 6.19. The first-order chi connectivity index (χ1) is 10.0. The lowest BCUT2D eigenvalue weighted by Crippen LogP contribution is -2.29. The molecule has 1 aliphatic heterocycles. The van der Waals surface area contributed by atoms with E-state index in [1.165, 1.54) is 0 Å². The van der Waals surface area contributed by atoms with Crippen LogP contribution in [-0.4, -0.2) is 5.11 Å². The van der Waals surface area contributed by atoms with E-state index in [4.69, 9.17) is 4.74 Å². The van der Waals surface area contributed by atoms with E-state index in [1.807, 2.05) is 18.2 Å². The van der Waals surface area contributed by atoms with E-state index in [0.717, 1.165) is 47.3 Å². The van der Waals surface area contributed by atoms with Crippen LogP contribution in [0.1, 0.15) is 44.7 Å². The highest BCUT2D eigenvalue weighted by Crippen LogP contribution is 2.49. The molecule has 0 bridgehead atoms. The first kappa shape index (κ1) is 14.0. The molecule has 2 nitrogen and oxygen atoms in total. The van der Waals surface area contributed by atoms with Gasteiger partial charge in [0.1, 0.15) is 17.1 Å². The smallest absolute Gasteiger partial charge is 0.132 e. The minimum Gasteiger partial charge on any atom is -0.507 e. The maximum atomic E-state index is 10.5. The highest BCUT2D eigenvalue weighted by Gasteiger charge is 2.33. The zero-order valence-electron chi connectivity index (χ0n) is 12.9. The van der Waals surface area contributed by atoms with Crippen LogP contribution in [0.25, 0.3) is 11.1 Å². The fourth-order valence-corrected chi connectivity index (χ4v) is 3.09. The quantitative estimate of drug-likeness (QED) is 0.855. The Labute approximate surface area is 126 Å². The molecule has 1 heterocycles. The summed E-state index contributed by atoms with van der Waals surface area (Å²) >= 11 is 0. The maximum Gasteiger partial charge on any atom is 0.132 e. The van der Waals surface area contributed by atoms with Crippen molar-refractivity contribution in [2.75, 3.05) is 0 Å². The molecule has 0 amide bonds. The van der Waals surface area contributed by atoms with Crippen molar-refractivity contribution in [2.45, 2.75) is 45.6 Å². The number of rotatable bonds is 3. The molecule has 0 aromatic heterocycles. The zero-order chi connectivity index (χ0) is 15.0. The number of aryl methyl sites for hydroxylation is 1. The van der Waals surface area contributed by atoms with Crippen LogP contribution in [0.3, 0.4) is 0 Å². The average Bonchev–Trinajstić information content (AvgIpc) is 2.44. The first-order valence-corrected chi connectivity index (χ1v) is 7.67. The summed E-state index contributed by atoms with van der Waals surface area (Å²) in [4.78, 5) is 0. The number of hydrogen-bond donors (Lipinski definition) is 1. The van der Waals surface area contributed by atoms with Gasteiger partial charge in [-0.3, -0.25) is 0 Å². The summed E-state index contributed by atoms with van der Waals surface area (Å²) in [5, 5.41) is 10.5. The molecule has 2 aromatic carbocycles. The van der Waals surface area contributed by atoms with Crippen molar-refractivity contribution >= 4 is 0 Å². The average molecular weight is 282 g/mol. The van der Waals surface area contributed by atoms with Crippen LogP contribution in [0.5, 0.6) is 11.5 Å². The van der Waals surface area contributed by atoms with Gasteiger partial charge in [0, 0.05) is 5.56 Å².